The van der Waals surface area contributed by atoms with Crippen LogP contribution >= 0.6 is 0 Å². The average Bonchev–Trinajstić information content (AvgIpc) is 3.00. The van der Waals surface area contributed by atoms with Crippen molar-refractivity contribution in [3.8, 4) is 0 Å². The van der Waals surface area contributed by atoms with E-state index in [1.807, 2.05) is 13.1 Å². The quantitative estimate of drug-likeness (QED) is 0.844. The summed E-state index contributed by atoms with van der Waals surface area (Å²) in [6, 6.07) is 6.32. The van der Waals surface area contributed by atoms with Gasteiger partial charge in [0.15, 0.2) is 0 Å². The Labute approximate surface area is 102 Å². The molecule has 1 aromatic carbocycles. The van der Waals surface area contributed by atoms with E-state index in [2.05, 4.69) is 19.1 Å². The molecule has 2 aliphatic rings. The Morgan fingerprint density at radius 3 is 2.76 bits per heavy atom. The van der Waals surface area contributed by atoms with Gasteiger partial charge in [-0.25, -0.2) is 0 Å². The Morgan fingerprint density at radius 2 is 2.12 bits per heavy atom. The van der Waals surface area contributed by atoms with Gasteiger partial charge in [0.25, 0.3) is 0 Å². The molecule has 0 spiro atoms. The number of hydrogen-bond donors (Lipinski definition) is 1. The number of anilines is 1. The van der Waals surface area contributed by atoms with E-state index < -0.39 is 0 Å². The first-order chi connectivity index (χ1) is 8.01. The van der Waals surface area contributed by atoms with Crippen molar-refractivity contribution in [1.82, 2.24) is 0 Å². The highest BCUT2D eigenvalue weighted by atomic mass is 16.2. The molecule has 0 radical (unpaired) electrons. The van der Waals surface area contributed by atoms with Gasteiger partial charge in [-0.3, -0.25) is 4.79 Å². The molecule has 0 saturated heterocycles. The molecular formula is C14H18N2O. The molecule has 0 bridgehead atoms. The second kappa shape index (κ2) is 3.33. The SMILES string of the molecule is CN1C(=O)Cc2cc(C(N)C3(C)CC3)ccc21. The van der Waals surface area contributed by atoms with Crippen molar-refractivity contribution in [2.24, 2.45) is 11.1 Å². The zero-order valence-corrected chi connectivity index (χ0v) is 10.4. The van der Waals surface area contributed by atoms with Crippen LogP contribution in [0.5, 0.6) is 0 Å². The summed E-state index contributed by atoms with van der Waals surface area (Å²) < 4.78 is 0. The Morgan fingerprint density at radius 1 is 1.41 bits per heavy atom. The molecule has 1 fully saturated rings. The van der Waals surface area contributed by atoms with Gasteiger partial charge in [-0.2, -0.15) is 0 Å². The fraction of sp³-hybridized carbons (Fsp3) is 0.500. The number of hydrogen-bond acceptors (Lipinski definition) is 2. The van der Waals surface area contributed by atoms with Gasteiger partial charge < -0.3 is 10.6 Å². The minimum atomic E-state index is 0.105. The van der Waals surface area contributed by atoms with Crippen molar-refractivity contribution in [1.29, 1.82) is 0 Å². The first kappa shape index (κ1) is 10.8. The zero-order chi connectivity index (χ0) is 12.2. The third kappa shape index (κ3) is 1.57. The Balaban J connectivity index is 1.95. The monoisotopic (exact) mass is 230 g/mol. The number of nitrogens with zero attached hydrogens (tertiary/aromatic N) is 1. The minimum Gasteiger partial charge on any atom is -0.323 e. The van der Waals surface area contributed by atoms with E-state index in [4.69, 9.17) is 5.73 Å². The van der Waals surface area contributed by atoms with Crippen LogP contribution in [0.1, 0.15) is 36.9 Å². The van der Waals surface area contributed by atoms with Crippen LogP contribution < -0.4 is 10.6 Å². The van der Waals surface area contributed by atoms with Gasteiger partial charge in [0.1, 0.15) is 0 Å². The van der Waals surface area contributed by atoms with Crippen LogP contribution in [0.25, 0.3) is 0 Å². The molecule has 1 atom stereocenters. The Bertz CT molecular complexity index is 491. The summed E-state index contributed by atoms with van der Waals surface area (Å²) in [5, 5.41) is 0. The third-order valence-corrected chi connectivity index (χ3v) is 4.33. The van der Waals surface area contributed by atoms with Crippen LogP contribution in [0, 0.1) is 5.41 Å². The molecular weight excluding hydrogens is 212 g/mol. The van der Waals surface area contributed by atoms with Crippen LogP contribution in [-0.4, -0.2) is 13.0 Å². The Hall–Kier alpha value is -1.35. The van der Waals surface area contributed by atoms with Crippen LogP contribution in [0.15, 0.2) is 18.2 Å². The normalized spacial score (nSPS) is 22.5. The van der Waals surface area contributed by atoms with E-state index in [0.717, 1.165) is 11.3 Å². The second-order valence-electron chi connectivity index (χ2n) is 5.65. The van der Waals surface area contributed by atoms with E-state index in [0.29, 0.717) is 6.42 Å². The number of carbonyl (C=O) groups is 1. The molecule has 1 aliphatic heterocycles. The lowest BCUT2D eigenvalue weighted by Crippen LogP contribution is -2.21. The maximum atomic E-state index is 11.6. The van der Waals surface area contributed by atoms with Crippen molar-refractivity contribution >= 4 is 11.6 Å². The summed E-state index contributed by atoms with van der Waals surface area (Å²) in [7, 11) is 1.83. The number of nitrogens with two attached hydrogens (primary N) is 1. The standard InChI is InChI=1S/C14H18N2O/c1-14(5-6-14)13(15)9-3-4-11-10(7-9)8-12(17)16(11)2/h3-4,7,13H,5-6,8,15H2,1-2H3. The molecule has 1 aromatic rings. The van der Waals surface area contributed by atoms with E-state index in [1.54, 1.807) is 4.90 Å². The highest BCUT2D eigenvalue weighted by Crippen LogP contribution is 2.53. The van der Waals surface area contributed by atoms with Crippen LogP contribution in [0.4, 0.5) is 5.69 Å². The highest BCUT2D eigenvalue weighted by Gasteiger charge is 2.43. The maximum absolute atomic E-state index is 11.6. The molecule has 3 heteroatoms. The zero-order valence-electron chi connectivity index (χ0n) is 10.4. The lowest BCUT2D eigenvalue weighted by atomic mass is 9.91. The summed E-state index contributed by atoms with van der Waals surface area (Å²) in [5.74, 6) is 0.170. The van der Waals surface area contributed by atoms with Gasteiger partial charge in [-0.15, -0.1) is 0 Å². The molecule has 1 unspecified atom stereocenters. The fourth-order valence-corrected chi connectivity index (χ4v) is 2.59. The van der Waals surface area contributed by atoms with Gasteiger partial charge in [-0.05, 0) is 35.4 Å². The van der Waals surface area contributed by atoms with Crippen molar-refractivity contribution in [2.75, 3.05) is 11.9 Å². The molecule has 2 N–H and O–H groups in total. The van der Waals surface area contributed by atoms with Crippen molar-refractivity contribution in [3.05, 3.63) is 29.3 Å². The smallest absolute Gasteiger partial charge is 0.231 e. The predicted molar refractivity (Wildman–Crippen MR) is 67.8 cm³/mol. The van der Waals surface area contributed by atoms with E-state index in [-0.39, 0.29) is 17.4 Å². The summed E-state index contributed by atoms with van der Waals surface area (Å²) in [6.45, 7) is 2.24. The molecule has 3 rings (SSSR count). The maximum Gasteiger partial charge on any atom is 0.231 e. The van der Waals surface area contributed by atoms with Crippen LogP contribution in [0.3, 0.4) is 0 Å². The number of benzene rings is 1. The van der Waals surface area contributed by atoms with E-state index in [9.17, 15) is 4.79 Å². The van der Waals surface area contributed by atoms with Gasteiger partial charge in [0.2, 0.25) is 5.91 Å². The topological polar surface area (TPSA) is 46.3 Å². The van der Waals surface area contributed by atoms with E-state index in [1.165, 1.54) is 18.4 Å². The summed E-state index contributed by atoms with van der Waals surface area (Å²) >= 11 is 0. The van der Waals surface area contributed by atoms with Crippen molar-refractivity contribution < 1.29 is 4.79 Å². The van der Waals surface area contributed by atoms with Gasteiger partial charge in [0.05, 0.1) is 6.42 Å². The summed E-state index contributed by atoms with van der Waals surface area (Å²) in [6.07, 6.45) is 2.94. The number of amides is 1. The summed E-state index contributed by atoms with van der Waals surface area (Å²) in [4.78, 5) is 13.3. The molecule has 0 aromatic heterocycles. The van der Waals surface area contributed by atoms with Gasteiger partial charge in [-0.1, -0.05) is 19.1 Å². The first-order valence-electron chi connectivity index (χ1n) is 6.16. The Kier molecular flexibility index (Phi) is 2.11. The van der Waals surface area contributed by atoms with Crippen LogP contribution in [0.2, 0.25) is 0 Å². The van der Waals surface area contributed by atoms with Crippen LogP contribution in [-0.2, 0) is 11.2 Å². The number of fused-ring (bicyclic) bond motifs is 1. The lowest BCUT2D eigenvalue weighted by molar-refractivity contribution is -0.117. The molecule has 90 valence electrons. The van der Waals surface area contributed by atoms with Crippen molar-refractivity contribution in [3.63, 3.8) is 0 Å². The van der Waals surface area contributed by atoms with Gasteiger partial charge >= 0.3 is 0 Å². The van der Waals surface area contributed by atoms with Gasteiger partial charge in [0, 0.05) is 18.8 Å². The summed E-state index contributed by atoms with van der Waals surface area (Å²) in [5.41, 5.74) is 9.91. The number of rotatable bonds is 2. The predicted octanol–water partition coefficient (Wildman–Crippen LogP) is 2.01. The fourth-order valence-electron chi connectivity index (χ4n) is 2.59. The third-order valence-electron chi connectivity index (χ3n) is 4.33. The van der Waals surface area contributed by atoms with Crippen molar-refractivity contribution in [2.45, 2.75) is 32.2 Å². The highest BCUT2D eigenvalue weighted by molar-refractivity contribution is 6.00. The lowest BCUT2D eigenvalue weighted by Gasteiger charge is -2.20. The molecule has 1 aliphatic carbocycles. The molecule has 1 saturated carbocycles. The molecule has 3 nitrogen and oxygen atoms in total. The number of carbonyl (C=O) groups excluding carboxylic acids is 1. The second-order valence-corrected chi connectivity index (χ2v) is 5.65. The average molecular weight is 230 g/mol. The molecule has 1 heterocycles. The largest absolute Gasteiger partial charge is 0.323 e. The minimum absolute atomic E-state index is 0.105. The first-order valence-corrected chi connectivity index (χ1v) is 6.16. The number of likely N-dealkylation sites (N-methyl/N-ethyl adjacent to an activating group) is 1. The van der Waals surface area contributed by atoms with E-state index >= 15 is 0 Å². The molecule has 17 heavy (non-hydrogen) atoms. The molecule has 1 amide bonds.